The number of hydrogen-bond acceptors (Lipinski definition) is 8. The summed E-state index contributed by atoms with van der Waals surface area (Å²) in [6, 6.07) is 11.8. The molecule has 182 valence electrons. The number of nitrogens with zero attached hydrogens (tertiary/aromatic N) is 1. The maximum atomic E-state index is 12.3. The van der Waals surface area contributed by atoms with Crippen molar-refractivity contribution in [2.45, 2.75) is 24.2 Å². The number of anilines is 1. The summed E-state index contributed by atoms with van der Waals surface area (Å²) in [6.45, 7) is 2.73. The monoisotopic (exact) mass is 468 g/mol. The molecule has 1 fully saturated rings. The second-order valence-electron chi connectivity index (χ2n) is 8.36. The number of methoxy groups -OCH3 is 3. The van der Waals surface area contributed by atoms with Crippen LogP contribution in [0.15, 0.2) is 64.5 Å². The zero-order valence-corrected chi connectivity index (χ0v) is 19.8. The highest BCUT2D eigenvalue weighted by molar-refractivity contribution is 6.01. The van der Waals surface area contributed by atoms with Gasteiger partial charge in [0.05, 0.1) is 13.4 Å². The molecule has 0 radical (unpaired) electrons. The third-order valence-corrected chi connectivity index (χ3v) is 6.66. The Labute approximate surface area is 199 Å². The Balaban J connectivity index is 1.75. The van der Waals surface area contributed by atoms with E-state index in [9.17, 15) is 9.90 Å². The average Bonchev–Trinajstić information content (AvgIpc) is 3.43. The highest BCUT2D eigenvalue weighted by atomic mass is 16.6. The quantitative estimate of drug-likeness (QED) is 0.543. The van der Waals surface area contributed by atoms with E-state index in [4.69, 9.17) is 18.6 Å². The van der Waals surface area contributed by atoms with Gasteiger partial charge in [-0.1, -0.05) is 12.1 Å². The van der Waals surface area contributed by atoms with Crippen LogP contribution in [0.2, 0.25) is 0 Å². The van der Waals surface area contributed by atoms with Gasteiger partial charge >= 0.3 is 0 Å². The molecule has 2 aliphatic rings. The van der Waals surface area contributed by atoms with Crippen LogP contribution in [0.4, 0.5) is 5.69 Å². The average molecular weight is 469 g/mol. The van der Waals surface area contributed by atoms with E-state index in [1.165, 1.54) is 0 Å². The van der Waals surface area contributed by atoms with E-state index in [1.54, 1.807) is 45.8 Å². The summed E-state index contributed by atoms with van der Waals surface area (Å²) in [7, 11) is 4.69. The predicted molar refractivity (Wildman–Crippen MR) is 128 cm³/mol. The van der Waals surface area contributed by atoms with Crippen molar-refractivity contribution in [2.75, 3.05) is 52.5 Å². The first-order valence-electron chi connectivity index (χ1n) is 11.4. The predicted octanol–water partition coefficient (Wildman–Crippen LogP) is 2.49. The third-order valence-electron chi connectivity index (χ3n) is 6.66. The molecular formula is C26H32N2O6. The Bertz CT molecular complexity index is 1030. The minimum atomic E-state index is -1.15. The Morgan fingerprint density at radius 1 is 1.24 bits per heavy atom. The van der Waals surface area contributed by atoms with Gasteiger partial charge in [-0.2, -0.15) is 0 Å². The van der Waals surface area contributed by atoms with Crippen molar-refractivity contribution in [1.29, 1.82) is 0 Å². The van der Waals surface area contributed by atoms with Crippen LogP contribution in [-0.2, 0) is 24.6 Å². The molecule has 0 spiro atoms. The number of rotatable bonds is 9. The Morgan fingerprint density at radius 2 is 2.03 bits per heavy atom. The SMILES string of the molecule is COC1=C(c2ccc(N3CCNCC3CCO)cc2)C(C=O)=CC(OC)(c2ccco2)C1OC. The molecule has 0 amide bonds. The molecule has 8 nitrogen and oxygen atoms in total. The molecule has 2 aromatic rings. The number of aliphatic hydroxyl groups excluding tert-OH is 1. The van der Waals surface area contributed by atoms with Gasteiger partial charge in [0.1, 0.15) is 11.5 Å². The molecule has 1 aliphatic heterocycles. The summed E-state index contributed by atoms with van der Waals surface area (Å²) < 4.78 is 23.3. The van der Waals surface area contributed by atoms with Crippen molar-refractivity contribution < 1.29 is 28.5 Å². The van der Waals surface area contributed by atoms with Gasteiger partial charge in [-0.3, -0.25) is 4.79 Å². The fourth-order valence-electron chi connectivity index (χ4n) is 5.04. The number of carbonyl (C=O) groups excluding carboxylic acids is 1. The lowest BCUT2D eigenvalue weighted by Gasteiger charge is -2.40. The number of piperazine rings is 1. The fraction of sp³-hybridized carbons (Fsp3) is 0.423. The molecule has 1 saturated heterocycles. The van der Waals surface area contributed by atoms with Gasteiger partial charge in [-0.05, 0) is 42.3 Å². The Kier molecular flexibility index (Phi) is 7.53. The molecule has 1 aromatic carbocycles. The van der Waals surface area contributed by atoms with Gasteiger partial charge < -0.3 is 34.0 Å². The summed E-state index contributed by atoms with van der Waals surface area (Å²) in [5, 5.41) is 12.8. The van der Waals surface area contributed by atoms with Crippen LogP contribution in [0.1, 0.15) is 17.7 Å². The van der Waals surface area contributed by atoms with E-state index in [1.807, 2.05) is 24.3 Å². The molecule has 4 rings (SSSR count). The zero-order valence-electron chi connectivity index (χ0n) is 19.8. The number of carbonyl (C=O) groups is 1. The van der Waals surface area contributed by atoms with Gasteiger partial charge in [-0.15, -0.1) is 0 Å². The van der Waals surface area contributed by atoms with Gasteiger partial charge in [0.25, 0.3) is 0 Å². The summed E-state index contributed by atoms with van der Waals surface area (Å²) in [6.07, 6.45) is 4.13. The number of furan rings is 1. The van der Waals surface area contributed by atoms with Gasteiger partial charge in [0.2, 0.25) is 0 Å². The van der Waals surface area contributed by atoms with Crippen LogP contribution in [-0.4, -0.2) is 71.1 Å². The van der Waals surface area contributed by atoms with Crippen molar-refractivity contribution >= 4 is 17.5 Å². The standard InChI is InChI=1S/C26H32N2O6/c1-31-24-23(18-6-8-20(9-7-18)28-12-11-27-16-21(28)10-13-29)19(17-30)15-26(33-3,25(24)32-2)22-5-4-14-34-22/h4-9,14-15,17,21,25,27,29H,10-13,16H2,1-3H3. The van der Waals surface area contributed by atoms with Crippen molar-refractivity contribution in [3.63, 3.8) is 0 Å². The molecule has 0 bridgehead atoms. The van der Waals surface area contributed by atoms with Crippen molar-refractivity contribution in [3.05, 3.63) is 71.4 Å². The summed E-state index contributed by atoms with van der Waals surface area (Å²) in [5.74, 6) is 0.997. The zero-order chi connectivity index (χ0) is 24.1. The summed E-state index contributed by atoms with van der Waals surface area (Å²) in [5.41, 5.74) is 1.83. The molecule has 34 heavy (non-hydrogen) atoms. The lowest BCUT2D eigenvalue weighted by atomic mass is 9.79. The van der Waals surface area contributed by atoms with E-state index in [-0.39, 0.29) is 12.6 Å². The molecule has 1 aromatic heterocycles. The van der Waals surface area contributed by atoms with Crippen molar-refractivity contribution in [2.24, 2.45) is 0 Å². The number of hydrogen-bond donors (Lipinski definition) is 2. The first-order valence-corrected chi connectivity index (χ1v) is 11.4. The second-order valence-corrected chi connectivity index (χ2v) is 8.36. The number of nitrogens with one attached hydrogen (secondary N) is 1. The molecule has 1 aliphatic carbocycles. The highest BCUT2D eigenvalue weighted by Gasteiger charge is 2.49. The maximum absolute atomic E-state index is 12.3. The Morgan fingerprint density at radius 3 is 2.62 bits per heavy atom. The van der Waals surface area contributed by atoms with Gasteiger partial charge in [0.15, 0.2) is 18.0 Å². The van der Waals surface area contributed by atoms with E-state index >= 15 is 0 Å². The number of benzene rings is 1. The lowest BCUT2D eigenvalue weighted by molar-refractivity contribution is -0.109. The first-order chi connectivity index (χ1) is 16.6. The first kappa shape index (κ1) is 24.2. The van der Waals surface area contributed by atoms with Crippen LogP contribution < -0.4 is 10.2 Å². The second kappa shape index (κ2) is 10.6. The number of ether oxygens (including phenoxy) is 3. The van der Waals surface area contributed by atoms with Crippen LogP contribution in [0.5, 0.6) is 0 Å². The van der Waals surface area contributed by atoms with Crippen molar-refractivity contribution in [3.8, 4) is 0 Å². The summed E-state index contributed by atoms with van der Waals surface area (Å²) >= 11 is 0. The number of allylic oxidation sites excluding steroid dienone is 2. The minimum absolute atomic E-state index is 0.147. The minimum Gasteiger partial charge on any atom is -0.498 e. The molecule has 2 heterocycles. The van der Waals surface area contributed by atoms with Crippen LogP contribution in [0.3, 0.4) is 0 Å². The van der Waals surface area contributed by atoms with E-state index in [0.29, 0.717) is 29.1 Å². The van der Waals surface area contributed by atoms with Crippen molar-refractivity contribution in [1.82, 2.24) is 5.32 Å². The lowest BCUT2D eigenvalue weighted by Crippen LogP contribution is -2.51. The highest BCUT2D eigenvalue weighted by Crippen LogP contribution is 2.45. The smallest absolute Gasteiger partial charge is 0.177 e. The fourth-order valence-corrected chi connectivity index (χ4v) is 5.04. The van der Waals surface area contributed by atoms with Crippen LogP contribution in [0.25, 0.3) is 5.57 Å². The van der Waals surface area contributed by atoms with Crippen LogP contribution in [0, 0.1) is 0 Å². The topological polar surface area (TPSA) is 93.4 Å². The van der Waals surface area contributed by atoms with Gasteiger partial charge in [0, 0.05) is 63.3 Å². The largest absolute Gasteiger partial charge is 0.498 e. The molecule has 3 atom stereocenters. The molecule has 2 N–H and O–H groups in total. The van der Waals surface area contributed by atoms with E-state index in [0.717, 1.165) is 37.2 Å². The van der Waals surface area contributed by atoms with Crippen LogP contribution >= 0.6 is 0 Å². The normalized spacial score (nSPS) is 25.3. The summed E-state index contributed by atoms with van der Waals surface area (Å²) in [4.78, 5) is 14.6. The van der Waals surface area contributed by atoms with E-state index in [2.05, 4.69) is 10.2 Å². The van der Waals surface area contributed by atoms with Gasteiger partial charge in [-0.25, -0.2) is 0 Å². The number of aliphatic hydroxyl groups is 1. The number of aldehydes is 1. The molecule has 8 heteroatoms. The maximum Gasteiger partial charge on any atom is 0.177 e. The third kappa shape index (κ3) is 4.18. The van der Waals surface area contributed by atoms with E-state index < -0.39 is 11.7 Å². The molecule has 3 unspecified atom stereocenters. The Hall–Kier alpha value is -2.91. The molecular weight excluding hydrogens is 436 g/mol. The molecule has 0 saturated carbocycles.